The summed E-state index contributed by atoms with van der Waals surface area (Å²) < 4.78 is 69.5. The highest BCUT2D eigenvalue weighted by molar-refractivity contribution is 7.89. The molecule has 2 aromatic carbocycles. The lowest BCUT2D eigenvalue weighted by molar-refractivity contribution is 0.145. The highest BCUT2D eigenvalue weighted by Gasteiger charge is 2.20. The normalized spacial score (nSPS) is 11.8. The molecule has 0 aliphatic heterocycles. The van der Waals surface area contributed by atoms with Crippen molar-refractivity contribution >= 4 is 10.0 Å². The number of sulfonamides is 1. The van der Waals surface area contributed by atoms with Crippen molar-refractivity contribution in [2.45, 2.75) is 11.3 Å². The molecular weight excluding hydrogens is 383 g/mol. The second kappa shape index (κ2) is 7.05. The number of hydrogen-bond donors (Lipinski definition) is 1. The van der Waals surface area contributed by atoms with Crippen molar-refractivity contribution < 1.29 is 26.3 Å². The molecule has 0 radical (unpaired) electrons. The molecule has 0 amide bonds. The lowest BCUT2D eigenvalue weighted by Gasteiger charge is -2.10. The number of nitrogens with two attached hydrogens (primary N) is 1. The van der Waals surface area contributed by atoms with Gasteiger partial charge in [-0.25, -0.2) is 31.4 Å². The fraction of sp³-hybridized carbons (Fsp3) is 0.118. The molecule has 0 aliphatic rings. The topological polar surface area (TPSA) is 87.2 Å². The van der Waals surface area contributed by atoms with Crippen LogP contribution in [0.4, 0.5) is 13.2 Å². The van der Waals surface area contributed by atoms with Crippen LogP contribution in [0.25, 0.3) is 16.9 Å². The zero-order valence-electron chi connectivity index (χ0n) is 13.9. The van der Waals surface area contributed by atoms with E-state index in [4.69, 9.17) is 9.88 Å². The lowest BCUT2D eigenvalue weighted by Crippen LogP contribution is -2.12. The third kappa shape index (κ3) is 3.81. The van der Waals surface area contributed by atoms with Crippen LogP contribution >= 0.6 is 0 Å². The van der Waals surface area contributed by atoms with Crippen LogP contribution in [0.1, 0.15) is 12.1 Å². The number of benzene rings is 2. The monoisotopic (exact) mass is 397 g/mol. The summed E-state index contributed by atoms with van der Waals surface area (Å²) in [5.74, 6) is -0.411. The molecule has 142 valence electrons. The summed E-state index contributed by atoms with van der Waals surface area (Å²) in [6, 6.07) is 10.2. The van der Waals surface area contributed by atoms with Crippen LogP contribution in [0.5, 0.6) is 5.75 Å². The average Bonchev–Trinajstić information content (AvgIpc) is 3.06. The van der Waals surface area contributed by atoms with E-state index in [1.54, 1.807) is 0 Å². The number of aromatic nitrogens is 2. The van der Waals surface area contributed by atoms with Crippen LogP contribution in [0.15, 0.2) is 53.4 Å². The summed E-state index contributed by atoms with van der Waals surface area (Å²) in [6.45, 7) is 0. The van der Waals surface area contributed by atoms with Crippen molar-refractivity contribution in [2.75, 3.05) is 7.11 Å². The highest BCUT2D eigenvalue weighted by Crippen LogP contribution is 2.31. The fourth-order valence-corrected chi connectivity index (χ4v) is 3.02. The van der Waals surface area contributed by atoms with Gasteiger partial charge in [0.25, 0.3) is 6.43 Å². The maximum atomic E-state index is 14.4. The van der Waals surface area contributed by atoms with Crippen molar-refractivity contribution in [1.82, 2.24) is 9.78 Å². The first kappa shape index (κ1) is 18.9. The quantitative estimate of drug-likeness (QED) is 0.716. The summed E-state index contributed by atoms with van der Waals surface area (Å²) in [5, 5.41) is 8.87. The van der Waals surface area contributed by atoms with Gasteiger partial charge >= 0.3 is 0 Å². The number of halogens is 3. The Morgan fingerprint density at radius 3 is 2.30 bits per heavy atom. The number of ether oxygens (including phenoxy) is 1. The van der Waals surface area contributed by atoms with Gasteiger partial charge in [0.15, 0.2) is 0 Å². The largest absolute Gasteiger partial charge is 0.497 e. The predicted molar refractivity (Wildman–Crippen MR) is 91.8 cm³/mol. The molecule has 0 fully saturated rings. The van der Waals surface area contributed by atoms with Crippen molar-refractivity contribution in [2.24, 2.45) is 5.14 Å². The van der Waals surface area contributed by atoms with E-state index in [9.17, 15) is 21.6 Å². The zero-order chi connectivity index (χ0) is 19.8. The fourth-order valence-electron chi connectivity index (χ4n) is 2.50. The molecule has 0 aliphatic carbocycles. The molecule has 0 spiro atoms. The van der Waals surface area contributed by atoms with Gasteiger partial charge in [-0.05, 0) is 42.5 Å². The van der Waals surface area contributed by atoms with E-state index in [0.29, 0.717) is 0 Å². The molecule has 10 heteroatoms. The van der Waals surface area contributed by atoms with Crippen LogP contribution in [-0.4, -0.2) is 25.3 Å². The maximum absolute atomic E-state index is 14.4. The van der Waals surface area contributed by atoms with Gasteiger partial charge in [-0.1, -0.05) is 0 Å². The predicted octanol–water partition coefficient (Wildman–Crippen LogP) is 3.27. The molecule has 6 nitrogen and oxygen atoms in total. The van der Waals surface area contributed by atoms with Gasteiger partial charge < -0.3 is 4.74 Å². The summed E-state index contributed by atoms with van der Waals surface area (Å²) >= 11 is 0. The van der Waals surface area contributed by atoms with Crippen LogP contribution < -0.4 is 9.88 Å². The summed E-state index contributed by atoms with van der Waals surface area (Å²) in [4.78, 5) is -0.148. The number of methoxy groups -OCH3 is 1. The minimum atomic E-state index is -3.91. The molecule has 0 saturated carbocycles. The Labute approximate surface area is 153 Å². The van der Waals surface area contributed by atoms with Crippen molar-refractivity contribution in [3.8, 4) is 22.7 Å². The molecule has 27 heavy (non-hydrogen) atoms. The Hall–Kier alpha value is -2.85. The van der Waals surface area contributed by atoms with Crippen LogP contribution in [-0.2, 0) is 10.0 Å². The molecule has 0 unspecified atom stereocenters. The van der Waals surface area contributed by atoms with Gasteiger partial charge in [-0.2, -0.15) is 5.10 Å². The van der Waals surface area contributed by atoms with Crippen molar-refractivity contribution in [3.05, 3.63) is 60.0 Å². The minimum Gasteiger partial charge on any atom is -0.497 e. The molecule has 3 rings (SSSR count). The molecule has 0 atom stereocenters. The average molecular weight is 397 g/mol. The van der Waals surface area contributed by atoms with Crippen LogP contribution in [0, 0.1) is 5.82 Å². The Morgan fingerprint density at radius 1 is 1.11 bits per heavy atom. The van der Waals surface area contributed by atoms with Gasteiger partial charge in [-0.3, -0.25) is 0 Å². The summed E-state index contributed by atoms with van der Waals surface area (Å²) in [6.07, 6.45) is -2.87. The third-order valence-electron chi connectivity index (χ3n) is 3.81. The third-order valence-corrected chi connectivity index (χ3v) is 4.74. The molecule has 0 saturated heterocycles. The number of primary sulfonamides is 1. The summed E-state index contributed by atoms with van der Waals surface area (Å²) in [7, 11) is -2.53. The van der Waals surface area contributed by atoms with Gasteiger partial charge in [0.05, 0.1) is 23.4 Å². The van der Waals surface area contributed by atoms with Crippen LogP contribution in [0.2, 0.25) is 0 Å². The molecule has 1 aromatic heterocycles. The molecule has 1 heterocycles. The van der Waals surface area contributed by atoms with Crippen molar-refractivity contribution in [1.29, 1.82) is 0 Å². The van der Waals surface area contributed by atoms with Gasteiger partial charge in [-0.15, -0.1) is 0 Å². The van der Waals surface area contributed by atoms with E-state index in [0.717, 1.165) is 16.8 Å². The van der Waals surface area contributed by atoms with Crippen LogP contribution in [0.3, 0.4) is 0 Å². The first-order valence-electron chi connectivity index (χ1n) is 7.56. The SMILES string of the molecule is COc1ccc(-c2cc(C(F)F)nn2-c2ccc(S(N)(=O)=O)cc2)c(F)c1. The second-order valence-corrected chi connectivity index (χ2v) is 7.11. The zero-order valence-corrected chi connectivity index (χ0v) is 14.8. The standard InChI is InChI=1S/C17H14F3N3O3S/c1-26-11-4-7-13(14(18)8-11)16-9-15(17(19)20)22-23(16)10-2-5-12(6-3-10)27(21,24)25/h2-9,17H,1H3,(H2,21,24,25). The number of alkyl halides is 2. The molecule has 2 N–H and O–H groups in total. The summed E-state index contributed by atoms with van der Waals surface area (Å²) in [5.41, 5.74) is -0.171. The number of hydrogen-bond acceptors (Lipinski definition) is 4. The minimum absolute atomic E-state index is 0.0331. The second-order valence-electron chi connectivity index (χ2n) is 5.55. The van der Waals surface area contributed by atoms with Gasteiger partial charge in [0.2, 0.25) is 10.0 Å². The molecule has 0 bridgehead atoms. The first-order chi connectivity index (χ1) is 12.7. The van der Waals surface area contributed by atoms with E-state index < -0.39 is 28.0 Å². The Kier molecular flexibility index (Phi) is 4.94. The van der Waals surface area contributed by atoms with E-state index in [1.807, 2.05) is 0 Å². The molecule has 3 aromatic rings. The number of rotatable bonds is 5. The van der Waals surface area contributed by atoms with Gasteiger partial charge in [0, 0.05) is 11.6 Å². The Morgan fingerprint density at radius 2 is 1.78 bits per heavy atom. The van der Waals surface area contributed by atoms with E-state index in [-0.39, 0.29) is 27.6 Å². The molecular formula is C17H14F3N3O3S. The van der Waals surface area contributed by atoms with Crippen molar-refractivity contribution in [3.63, 3.8) is 0 Å². The maximum Gasteiger partial charge on any atom is 0.282 e. The Bertz CT molecular complexity index is 1080. The first-order valence-corrected chi connectivity index (χ1v) is 9.10. The van der Waals surface area contributed by atoms with E-state index in [1.165, 1.54) is 43.5 Å². The van der Waals surface area contributed by atoms with E-state index in [2.05, 4.69) is 5.10 Å². The van der Waals surface area contributed by atoms with E-state index >= 15 is 0 Å². The smallest absolute Gasteiger partial charge is 0.282 e. The van der Waals surface area contributed by atoms with Gasteiger partial charge in [0.1, 0.15) is 17.3 Å². The number of nitrogens with zero attached hydrogens (tertiary/aromatic N) is 2. The highest BCUT2D eigenvalue weighted by atomic mass is 32.2. The Balaban J connectivity index is 2.16. The lowest BCUT2D eigenvalue weighted by atomic mass is 10.1.